The Bertz CT molecular complexity index is 761. The molecule has 2 rings (SSSR count). The monoisotopic (exact) mass is 484 g/mol. The normalized spacial score (nSPS) is 22.9. The van der Waals surface area contributed by atoms with E-state index < -0.39 is 31.6 Å². The highest BCUT2D eigenvalue weighted by molar-refractivity contribution is 6.74. The van der Waals surface area contributed by atoms with Gasteiger partial charge in [0.25, 0.3) is 0 Å². The molecule has 0 saturated carbocycles. The van der Waals surface area contributed by atoms with Crippen LogP contribution in [-0.2, 0) is 32.9 Å². The molecule has 33 heavy (non-hydrogen) atoms. The maximum atomic E-state index is 12.5. The van der Waals surface area contributed by atoms with Gasteiger partial charge in [-0.2, -0.15) is 0 Å². The molecule has 1 fully saturated rings. The summed E-state index contributed by atoms with van der Waals surface area (Å²) in [6, 6.07) is 0. The summed E-state index contributed by atoms with van der Waals surface area (Å²) in [6.45, 7) is 19.6. The van der Waals surface area contributed by atoms with Gasteiger partial charge in [0.1, 0.15) is 12.4 Å². The van der Waals surface area contributed by atoms with Crippen molar-refractivity contribution in [2.24, 2.45) is 5.41 Å². The van der Waals surface area contributed by atoms with Crippen molar-refractivity contribution in [1.82, 2.24) is 0 Å². The summed E-state index contributed by atoms with van der Waals surface area (Å²) in [5, 5.41) is -0.00252. The van der Waals surface area contributed by atoms with Crippen LogP contribution in [0.15, 0.2) is 24.0 Å². The summed E-state index contributed by atoms with van der Waals surface area (Å²) in [7, 11) is -2.13. The fourth-order valence-corrected chi connectivity index (χ4v) is 5.02. The average molecular weight is 485 g/mol. The zero-order chi connectivity index (χ0) is 24.9. The van der Waals surface area contributed by atoms with Gasteiger partial charge in [0.05, 0.1) is 31.7 Å². The summed E-state index contributed by atoms with van der Waals surface area (Å²) in [4.78, 5) is 24.9. The van der Waals surface area contributed by atoms with Crippen molar-refractivity contribution in [2.45, 2.75) is 77.8 Å². The van der Waals surface area contributed by atoms with Crippen LogP contribution in [-0.4, -0.2) is 59.3 Å². The van der Waals surface area contributed by atoms with Gasteiger partial charge >= 0.3 is 12.1 Å². The van der Waals surface area contributed by atoms with Gasteiger partial charge in [-0.25, -0.2) is 4.79 Å². The molecule has 8 nitrogen and oxygen atoms in total. The molecular formula is C24H40O8Si. The van der Waals surface area contributed by atoms with Crippen molar-refractivity contribution >= 4 is 20.4 Å². The second-order valence-corrected chi connectivity index (χ2v) is 15.2. The lowest BCUT2D eigenvalue weighted by atomic mass is 9.72. The average Bonchev–Trinajstić information content (AvgIpc) is 3.14. The zero-order valence-electron chi connectivity index (χ0n) is 21.2. The molecule has 1 aliphatic carbocycles. The minimum absolute atomic E-state index is 0.00252. The first-order chi connectivity index (χ1) is 15.3. The highest BCUT2D eigenvalue weighted by Crippen LogP contribution is 2.51. The van der Waals surface area contributed by atoms with E-state index in [1.165, 1.54) is 6.08 Å². The lowest BCUT2D eigenvalue weighted by molar-refractivity contribution is -0.189. The Hall–Kier alpha value is -1.68. The smallest absolute Gasteiger partial charge is 0.466 e. The lowest BCUT2D eigenvalue weighted by Crippen LogP contribution is -2.49. The fourth-order valence-electron chi connectivity index (χ4n) is 3.91. The van der Waals surface area contributed by atoms with E-state index in [0.29, 0.717) is 37.4 Å². The number of rotatable bonds is 9. The predicted octanol–water partition coefficient (Wildman–Crippen LogP) is 5.10. The molecule has 1 spiro atoms. The van der Waals surface area contributed by atoms with Crippen molar-refractivity contribution in [3.63, 3.8) is 0 Å². The summed E-state index contributed by atoms with van der Waals surface area (Å²) < 4.78 is 34.6. The van der Waals surface area contributed by atoms with E-state index >= 15 is 0 Å². The van der Waals surface area contributed by atoms with Gasteiger partial charge in [-0.05, 0) is 30.6 Å². The molecule has 0 aromatic carbocycles. The maximum Gasteiger partial charge on any atom is 0.513 e. The van der Waals surface area contributed by atoms with E-state index in [1.54, 1.807) is 6.92 Å². The molecule has 0 amide bonds. The summed E-state index contributed by atoms with van der Waals surface area (Å²) in [5.41, 5.74) is -0.189. The van der Waals surface area contributed by atoms with Crippen molar-refractivity contribution in [2.75, 3.05) is 33.0 Å². The molecule has 0 radical (unpaired) electrons. The van der Waals surface area contributed by atoms with Crippen molar-refractivity contribution < 1.29 is 37.7 Å². The molecular weight excluding hydrogens is 444 g/mol. The Morgan fingerprint density at radius 1 is 1.18 bits per heavy atom. The van der Waals surface area contributed by atoms with E-state index in [1.807, 2.05) is 6.92 Å². The lowest BCUT2D eigenvalue weighted by Gasteiger charge is -2.46. The van der Waals surface area contributed by atoms with Crippen molar-refractivity contribution in [1.29, 1.82) is 0 Å². The fraction of sp³-hybridized carbons (Fsp3) is 0.750. The van der Waals surface area contributed by atoms with E-state index in [0.717, 1.165) is 0 Å². The highest BCUT2D eigenvalue weighted by atomic mass is 28.4. The van der Waals surface area contributed by atoms with E-state index in [-0.39, 0.29) is 31.3 Å². The Labute approximate surface area is 198 Å². The Kier molecular flexibility index (Phi) is 8.95. The maximum absolute atomic E-state index is 12.5. The molecule has 188 valence electrons. The molecule has 0 aromatic heterocycles. The number of hydrogen-bond acceptors (Lipinski definition) is 8. The van der Waals surface area contributed by atoms with Crippen LogP contribution in [0, 0.1) is 5.41 Å². The second kappa shape index (κ2) is 10.7. The third-order valence-electron chi connectivity index (χ3n) is 6.55. The summed E-state index contributed by atoms with van der Waals surface area (Å²) in [6.07, 6.45) is 1.29. The molecule has 1 saturated heterocycles. The van der Waals surface area contributed by atoms with Crippen LogP contribution >= 0.6 is 0 Å². The van der Waals surface area contributed by atoms with Gasteiger partial charge in [0.2, 0.25) is 0 Å². The van der Waals surface area contributed by atoms with Gasteiger partial charge in [0, 0.05) is 19.4 Å². The Morgan fingerprint density at radius 3 is 2.36 bits per heavy atom. The van der Waals surface area contributed by atoms with Crippen molar-refractivity contribution in [3.05, 3.63) is 24.0 Å². The van der Waals surface area contributed by atoms with Crippen LogP contribution in [0.25, 0.3) is 0 Å². The van der Waals surface area contributed by atoms with Gasteiger partial charge in [0.15, 0.2) is 14.1 Å². The largest absolute Gasteiger partial charge is 0.513 e. The standard InChI is InChI=1S/C24H40O8Si/c1-9-11-28-21(26)32-20-18(14-19(25)27-10-2)15-24(29-12-13-30-24)16-23(20,6)17-31-33(7,8)22(3,4)5/h9H,1,10-17H2,2-8H3. The second-order valence-electron chi connectivity index (χ2n) is 10.4. The van der Waals surface area contributed by atoms with Crippen LogP contribution in [0.2, 0.25) is 18.1 Å². The zero-order valence-corrected chi connectivity index (χ0v) is 22.2. The van der Waals surface area contributed by atoms with Gasteiger partial charge in [-0.3, -0.25) is 4.79 Å². The Balaban J connectivity index is 2.47. The number of hydrogen-bond donors (Lipinski definition) is 0. The van der Waals surface area contributed by atoms with Crippen LogP contribution in [0.1, 0.15) is 53.9 Å². The molecule has 1 aliphatic heterocycles. The van der Waals surface area contributed by atoms with Gasteiger partial charge in [-0.15, -0.1) is 0 Å². The quantitative estimate of drug-likeness (QED) is 0.254. The van der Waals surface area contributed by atoms with Crippen LogP contribution in [0.3, 0.4) is 0 Å². The third kappa shape index (κ3) is 6.91. The number of esters is 1. The molecule has 0 bridgehead atoms. The molecule has 1 atom stereocenters. The third-order valence-corrected chi connectivity index (χ3v) is 11.0. The highest BCUT2D eigenvalue weighted by Gasteiger charge is 2.53. The molecule has 1 unspecified atom stereocenters. The SMILES string of the molecule is C=CCOC(=O)OC1=C(CC(=O)OCC)CC2(CC1(C)CO[Si](C)(C)C(C)(C)C)OCCO2. The molecule has 0 N–H and O–H groups in total. The minimum Gasteiger partial charge on any atom is -0.466 e. The minimum atomic E-state index is -2.13. The first-order valence-corrected chi connectivity index (χ1v) is 14.4. The van der Waals surface area contributed by atoms with Gasteiger partial charge < -0.3 is 28.1 Å². The van der Waals surface area contributed by atoms with Crippen molar-refractivity contribution in [3.8, 4) is 0 Å². The van der Waals surface area contributed by atoms with E-state index in [4.69, 9.17) is 28.1 Å². The molecule has 2 aliphatic rings. The predicted molar refractivity (Wildman–Crippen MR) is 126 cm³/mol. The molecule has 9 heteroatoms. The first kappa shape index (κ1) is 27.6. The summed E-state index contributed by atoms with van der Waals surface area (Å²) in [5.74, 6) is -0.936. The first-order valence-electron chi connectivity index (χ1n) is 11.5. The van der Waals surface area contributed by atoms with Gasteiger partial charge in [-0.1, -0.05) is 40.3 Å². The Morgan fingerprint density at radius 2 is 1.82 bits per heavy atom. The molecule has 0 aromatic rings. The summed E-state index contributed by atoms with van der Waals surface area (Å²) >= 11 is 0. The number of ether oxygens (including phenoxy) is 5. The van der Waals surface area contributed by atoms with Crippen LogP contribution in [0.5, 0.6) is 0 Å². The molecule has 1 heterocycles. The number of carbonyl (C=O) groups is 2. The topological polar surface area (TPSA) is 89.5 Å². The van der Waals surface area contributed by atoms with E-state index in [2.05, 4.69) is 40.4 Å². The van der Waals surface area contributed by atoms with Crippen LogP contribution < -0.4 is 0 Å². The number of carbonyl (C=O) groups excluding carboxylic acids is 2. The van der Waals surface area contributed by atoms with Crippen LogP contribution in [0.4, 0.5) is 4.79 Å². The van der Waals surface area contributed by atoms with E-state index in [9.17, 15) is 9.59 Å².